The van der Waals surface area contributed by atoms with Gasteiger partial charge < -0.3 is 5.32 Å². The van der Waals surface area contributed by atoms with Crippen molar-refractivity contribution in [3.05, 3.63) is 11.8 Å². The lowest BCUT2D eigenvalue weighted by molar-refractivity contribution is -0.114. The van der Waals surface area contributed by atoms with Crippen LogP contribution < -0.4 is 5.32 Å². The van der Waals surface area contributed by atoms with E-state index in [2.05, 4.69) is 19.2 Å². The smallest absolute Gasteiger partial charge is 0.157 e. The molecule has 68 valence electrons. The van der Waals surface area contributed by atoms with E-state index in [1.54, 1.807) is 6.08 Å². The molecule has 0 amide bonds. The van der Waals surface area contributed by atoms with Gasteiger partial charge >= 0.3 is 0 Å². The maximum absolute atomic E-state index is 10.9. The van der Waals surface area contributed by atoms with Crippen LogP contribution >= 0.6 is 0 Å². The standard InChI is InChI=1S/C10H17NO/c1-3-8(2)7-11-9-4-5-10(12)6-9/h6,8,11H,3-5,7H2,1-2H3. The molecule has 0 saturated heterocycles. The highest BCUT2D eigenvalue weighted by Crippen LogP contribution is 2.12. The van der Waals surface area contributed by atoms with Gasteiger partial charge in [0.1, 0.15) is 0 Å². The quantitative estimate of drug-likeness (QED) is 0.692. The summed E-state index contributed by atoms with van der Waals surface area (Å²) in [5, 5.41) is 3.30. The zero-order valence-corrected chi connectivity index (χ0v) is 7.89. The zero-order chi connectivity index (χ0) is 8.97. The average Bonchev–Trinajstić information content (AvgIpc) is 2.47. The number of rotatable bonds is 4. The van der Waals surface area contributed by atoms with Gasteiger partial charge in [0.05, 0.1) is 0 Å². The Balaban J connectivity index is 2.24. The minimum atomic E-state index is 0.265. The maximum atomic E-state index is 10.9. The van der Waals surface area contributed by atoms with E-state index in [1.165, 1.54) is 6.42 Å². The van der Waals surface area contributed by atoms with Crippen molar-refractivity contribution in [1.29, 1.82) is 0 Å². The van der Waals surface area contributed by atoms with Crippen molar-refractivity contribution < 1.29 is 4.79 Å². The predicted octanol–water partition coefficient (Wildman–Crippen LogP) is 1.87. The lowest BCUT2D eigenvalue weighted by Gasteiger charge is -2.11. The van der Waals surface area contributed by atoms with E-state index >= 15 is 0 Å². The molecule has 1 unspecified atom stereocenters. The summed E-state index contributed by atoms with van der Waals surface area (Å²) < 4.78 is 0. The van der Waals surface area contributed by atoms with E-state index in [0.717, 1.165) is 18.7 Å². The van der Waals surface area contributed by atoms with Gasteiger partial charge in [-0.25, -0.2) is 0 Å². The number of hydrogen-bond acceptors (Lipinski definition) is 2. The summed E-state index contributed by atoms with van der Waals surface area (Å²) in [5.41, 5.74) is 1.13. The predicted molar refractivity (Wildman–Crippen MR) is 49.8 cm³/mol. The van der Waals surface area contributed by atoms with Gasteiger partial charge in [-0.2, -0.15) is 0 Å². The Hall–Kier alpha value is -0.790. The maximum Gasteiger partial charge on any atom is 0.157 e. The van der Waals surface area contributed by atoms with Gasteiger partial charge in [-0.3, -0.25) is 4.79 Å². The molecule has 1 aliphatic rings. The first-order chi connectivity index (χ1) is 5.72. The van der Waals surface area contributed by atoms with Gasteiger partial charge in [-0.15, -0.1) is 0 Å². The molecule has 0 heterocycles. The van der Waals surface area contributed by atoms with Crippen LogP contribution in [0.5, 0.6) is 0 Å². The minimum absolute atomic E-state index is 0.265. The van der Waals surface area contributed by atoms with Crippen molar-refractivity contribution in [3.8, 4) is 0 Å². The lowest BCUT2D eigenvalue weighted by Crippen LogP contribution is -2.19. The number of carbonyl (C=O) groups excluding carboxylic acids is 1. The molecule has 0 bridgehead atoms. The molecule has 2 heteroatoms. The Morgan fingerprint density at radius 2 is 2.33 bits per heavy atom. The van der Waals surface area contributed by atoms with Crippen LogP contribution in [0.15, 0.2) is 11.8 Å². The van der Waals surface area contributed by atoms with E-state index in [1.807, 2.05) is 0 Å². The summed E-state index contributed by atoms with van der Waals surface area (Å²) in [6, 6.07) is 0. The second kappa shape index (κ2) is 4.29. The topological polar surface area (TPSA) is 29.1 Å². The number of allylic oxidation sites excluding steroid dienone is 2. The zero-order valence-electron chi connectivity index (χ0n) is 7.89. The third kappa shape index (κ3) is 2.68. The first kappa shape index (κ1) is 9.30. The Bertz CT molecular complexity index is 196. The first-order valence-corrected chi connectivity index (χ1v) is 4.69. The van der Waals surface area contributed by atoms with Crippen LogP contribution in [0.25, 0.3) is 0 Å². The molecule has 0 fully saturated rings. The van der Waals surface area contributed by atoms with Crippen LogP contribution in [0.1, 0.15) is 33.1 Å². The summed E-state index contributed by atoms with van der Waals surface area (Å²) in [7, 11) is 0. The number of hydrogen-bond donors (Lipinski definition) is 1. The SMILES string of the molecule is CCC(C)CNC1=CC(=O)CC1. The summed E-state index contributed by atoms with van der Waals surface area (Å²) in [6.07, 6.45) is 4.54. The highest BCUT2D eigenvalue weighted by Gasteiger charge is 2.11. The van der Waals surface area contributed by atoms with Crippen molar-refractivity contribution in [1.82, 2.24) is 5.32 Å². The van der Waals surface area contributed by atoms with Gasteiger partial charge in [0, 0.05) is 24.7 Å². The third-order valence-corrected chi connectivity index (χ3v) is 2.35. The molecule has 1 aliphatic carbocycles. The molecule has 1 atom stereocenters. The Labute approximate surface area is 74.0 Å². The van der Waals surface area contributed by atoms with Crippen LogP contribution in [-0.4, -0.2) is 12.3 Å². The fourth-order valence-corrected chi connectivity index (χ4v) is 1.19. The second-order valence-corrected chi connectivity index (χ2v) is 3.53. The van der Waals surface area contributed by atoms with Gasteiger partial charge in [0.25, 0.3) is 0 Å². The lowest BCUT2D eigenvalue weighted by atomic mass is 10.1. The van der Waals surface area contributed by atoms with Crippen molar-refractivity contribution in [2.24, 2.45) is 5.92 Å². The fourth-order valence-electron chi connectivity index (χ4n) is 1.19. The summed E-state index contributed by atoms with van der Waals surface area (Å²) >= 11 is 0. The van der Waals surface area contributed by atoms with Crippen LogP contribution in [0.2, 0.25) is 0 Å². The van der Waals surface area contributed by atoms with E-state index in [0.29, 0.717) is 12.3 Å². The number of nitrogens with one attached hydrogen (secondary N) is 1. The van der Waals surface area contributed by atoms with Crippen molar-refractivity contribution in [2.75, 3.05) is 6.54 Å². The van der Waals surface area contributed by atoms with Gasteiger partial charge in [0.2, 0.25) is 0 Å². The van der Waals surface area contributed by atoms with Gasteiger partial charge in [0.15, 0.2) is 5.78 Å². The molecule has 0 radical (unpaired) electrons. The highest BCUT2D eigenvalue weighted by atomic mass is 16.1. The fraction of sp³-hybridized carbons (Fsp3) is 0.700. The molecule has 0 aromatic heterocycles. The molecule has 0 saturated carbocycles. The summed E-state index contributed by atoms with van der Waals surface area (Å²) in [6.45, 7) is 5.39. The van der Waals surface area contributed by atoms with Gasteiger partial charge in [-0.1, -0.05) is 20.3 Å². The van der Waals surface area contributed by atoms with E-state index in [-0.39, 0.29) is 5.78 Å². The van der Waals surface area contributed by atoms with E-state index in [9.17, 15) is 4.79 Å². The first-order valence-electron chi connectivity index (χ1n) is 4.69. The monoisotopic (exact) mass is 167 g/mol. The molecule has 0 spiro atoms. The summed E-state index contributed by atoms with van der Waals surface area (Å²) in [4.78, 5) is 10.9. The minimum Gasteiger partial charge on any atom is -0.388 e. The van der Waals surface area contributed by atoms with Crippen LogP contribution in [0.4, 0.5) is 0 Å². The largest absolute Gasteiger partial charge is 0.388 e. The highest BCUT2D eigenvalue weighted by molar-refractivity contribution is 5.92. The molecule has 2 nitrogen and oxygen atoms in total. The molecular formula is C10H17NO. The molecule has 1 rings (SSSR count). The number of ketones is 1. The van der Waals surface area contributed by atoms with E-state index < -0.39 is 0 Å². The average molecular weight is 167 g/mol. The Morgan fingerprint density at radius 1 is 1.58 bits per heavy atom. The van der Waals surface area contributed by atoms with Gasteiger partial charge in [-0.05, 0) is 12.3 Å². The summed E-state index contributed by atoms with van der Waals surface area (Å²) in [5.74, 6) is 0.961. The van der Waals surface area contributed by atoms with Crippen LogP contribution in [-0.2, 0) is 4.79 Å². The molecular weight excluding hydrogens is 150 g/mol. The Kier molecular flexibility index (Phi) is 3.32. The van der Waals surface area contributed by atoms with Crippen molar-refractivity contribution >= 4 is 5.78 Å². The Morgan fingerprint density at radius 3 is 2.83 bits per heavy atom. The molecule has 12 heavy (non-hydrogen) atoms. The molecule has 0 aromatic carbocycles. The van der Waals surface area contributed by atoms with Crippen molar-refractivity contribution in [2.45, 2.75) is 33.1 Å². The molecule has 1 N–H and O–H groups in total. The van der Waals surface area contributed by atoms with E-state index in [4.69, 9.17) is 0 Å². The van der Waals surface area contributed by atoms with Crippen LogP contribution in [0.3, 0.4) is 0 Å². The number of carbonyl (C=O) groups is 1. The molecule has 0 aromatic rings. The second-order valence-electron chi connectivity index (χ2n) is 3.53. The molecule has 0 aliphatic heterocycles. The normalized spacial score (nSPS) is 19.2. The third-order valence-electron chi connectivity index (χ3n) is 2.35. The van der Waals surface area contributed by atoms with Crippen molar-refractivity contribution in [3.63, 3.8) is 0 Å². The van der Waals surface area contributed by atoms with Crippen LogP contribution in [0, 0.1) is 5.92 Å².